The van der Waals surface area contributed by atoms with Gasteiger partial charge in [-0.2, -0.15) is 0 Å². The number of fused-ring (bicyclic) bond motifs is 1. The topological polar surface area (TPSA) is 60.4 Å². The van der Waals surface area contributed by atoms with Gasteiger partial charge in [-0.25, -0.2) is 23.1 Å². The van der Waals surface area contributed by atoms with Gasteiger partial charge in [0, 0.05) is 66.6 Å². The van der Waals surface area contributed by atoms with Crippen LogP contribution in [0.25, 0.3) is 5.57 Å². The third kappa shape index (κ3) is 8.79. The van der Waals surface area contributed by atoms with Gasteiger partial charge in [-0.05, 0) is 117 Å². The molecule has 3 heterocycles. The van der Waals surface area contributed by atoms with Gasteiger partial charge >= 0.3 is 0 Å². The van der Waals surface area contributed by atoms with Gasteiger partial charge in [-0.3, -0.25) is 4.98 Å². The number of benzene rings is 2. The van der Waals surface area contributed by atoms with E-state index in [0.29, 0.717) is 37.0 Å². The first-order valence-electron chi connectivity index (χ1n) is 21.1. The summed E-state index contributed by atoms with van der Waals surface area (Å²) in [5.41, 5.74) is 9.06. The molecule has 2 unspecified atom stereocenters. The lowest BCUT2D eigenvalue weighted by molar-refractivity contribution is -0.0390. The van der Waals surface area contributed by atoms with Crippen LogP contribution >= 0.6 is 0 Å². The summed E-state index contributed by atoms with van der Waals surface area (Å²) in [6.45, 7) is 8.29. The molecule has 57 heavy (non-hydrogen) atoms. The summed E-state index contributed by atoms with van der Waals surface area (Å²) in [6, 6.07) is 15.5. The fraction of sp³-hybridized carbons (Fsp3) is 0.521. The Labute approximate surface area is 336 Å². The number of rotatable bonds is 10. The van der Waals surface area contributed by atoms with Crippen LogP contribution in [0.4, 0.5) is 19.1 Å². The van der Waals surface area contributed by atoms with Crippen molar-refractivity contribution < 1.29 is 22.6 Å². The lowest BCUT2D eigenvalue weighted by Crippen LogP contribution is -2.36. The predicted octanol–water partition coefficient (Wildman–Crippen LogP) is 12.1. The van der Waals surface area contributed by atoms with Crippen molar-refractivity contribution in [2.75, 3.05) is 25.1 Å². The predicted molar refractivity (Wildman–Crippen MR) is 220 cm³/mol. The molecule has 3 aliphatic carbocycles. The van der Waals surface area contributed by atoms with Crippen molar-refractivity contribution >= 4 is 11.5 Å². The van der Waals surface area contributed by atoms with Crippen molar-refractivity contribution in [3.8, 4) is 5.75 Å². The van der Waals surface area contributed by atoms with Crippen LogP contribution < -0.4 is 9.64 Å². The van der Waals surface area contributed by atoms with Crippen molar-refractivity contribution in [1.82, 2.24) is 15.0 Å². The smallest absolute Gasteiger partial charge is 0.248 e. The zero-order valence-electron chi connectivity index (χ0n) is 34.0. The molecule has 0 spiro atoms. The summed E-state index contributed by atoms with van der Waals surface area (Å²) < 4.78 is 59.8. The number of methoxy groups -OCH3 is 1. The van der Waals surface area contributed by atoms with Crippen LogP contribution in [0.3, 0.4) is 0 Å². The summed E-state index contributed by atoms with van der Waals surface area (Å²) >= 11 is 0. The Morgan fingerprint density at radius 2 is 1.58 bits per heavy atom. The highest BCUT2D eigenvalue weighted by molar-refractivity contribution is 5.65. The van der Waals surface area contributed by atoms with E-state index >= 15 is 4.39 Å². The van der Waals surface area contributed by atoms with E-state index in [1.54, 1.807) is 7.11 Å². The van der Waals surface area contributed by atoms with Crippen molar-refractivity contribution in [3.63, 3.8) is 0 Å². The molecule has 0 N–H and O–H groups in total. The lowest BCUT2D eigenvalue weighted by atomic mass is 9.68. The van der Waals surface area contributed by atoms with E-state index in [9.17, 15) is 8.78 Å². The Morgan fingerprint density at radius 3 is 2.23 bits per heavy atom. The first-order chi connectivity index (χ1) is 27.5. The molecule has 8 rings (SSSR count). The molecule has 6 nitrogen and oxygen atoms in total. The quantitative estimate of drug-likeness (QED) is 0.160. The van der Waals surface area contributed by atoms with E-state index in [1.165, 1.54) is 18.4 Å². The molecule has 4 aliphatic rings. The second kappa shape index (κ2) is 16.6. The van der Waals surface area contributed by atoms with Gasteiger partial charge in [0.05, 0.1) is 25.5 Å². The number of alkyl halides is 3. The largest absolute Gasteiger partial charge is 0.497 e. The van der Waals surface area contributed by atoms with E-state index in [-0.39, 0.29) is 36.2 Å². The molecule has 1 saturated heterocycles. The summed E-state index contributed by atoms with van der Waals surface area (Å²) in [4.78, 5) is 17.4. The van der Waals surface area contributed by atoms with E-state index < -0.39 is 12.1 Å². The van der Waals surface area contributed by atoms with Gasteiger partial charge in [-0.1, -0.05) is 61.9 Å². The normalized spacial score (nSPS) is 21.8. The molecule has 302 valence electrons. The summed E-state index contributed by atoms with van der Waals surface area (Å²) in [6.07, 6.45) is 12.2. The van der Waals surface area contributed by atoms with Crippen LogP contribution in [0.1, 0.15) is 159 Å². The maximum Gasteiger partial charge on any atom is 0.248 e. The molecule has 0 radical (unpaired) electrons. The molecule has 0 bridgehead atoms. The summed E-state index contributed by atoms with van der Waals surface area (Å²) in [7, 11) is 1.65. The van der Waals surface area contributed by atoms with Gasteiger partial charge in [0.2, 0.25) is 11.9 Å². The van der Waals surface area contributed by atoms with Crippen LogP contribution in [0, 0.1) is 12.3 Å². The molecule has 0 amide bonds. The number of hydrogen-bond donors (Lipinski definition) is 0. The summed E-state index contributed by atoms with van der Waals surface area (Å²) in [5, 5.41) is 0. The Morgan fingerprint density at radius 1 is 0.877 bits per heavy atom. The van der Waals surface area contributed by atoms with E-state index in [1.807, 2.05) is 67.8 Å². The minimum absolute atomic E-state index is 0.00981. The van der Waals surface area contributed by atoms with Gasteiger partial charge < -0.3 is 14.4 Å². The molecule has 2 aromatic heterocycles. The fourth-order valence-electron chi connectivity index (χ4n) is 9.74. The van der Waals surface area contributed by atoms with Gasteiger partial charge in [0.15, 0.2) is 6.17 Å². The second-order valence-electron chi connectivity index (χ2n) is 17.8. The first-order valence-corrected chi connectivity index (χ1v) is 21.1. The summed E-state index contributed by atoms with van der Waals surface area (Å²) in [5.74, 6) is -1.46. The molecule has 2 atom stereocenters. The molecular weight excluding hydrogens is 722 g/mol. The fourth-order valence-corrected chi connectivity index (χ4v) is 9.74. The Bertz CT molecular complexity index is 2030. The Hall–Kier alpha value is -4.24. The van der Waals surface area contributed by atoms with Crippen LogP contribution in [0.5, 0.6) is 5.75 Å². The zero-order chi connectivity index (χ0) is 39.7. The van der Waals surface area contributed by atoms with Crippen molar-refractivity contribution in [2.45, 2.75) is 134 Å². The number of pyridine rings is 1. The number of allylic oxidation sites excluding steroid dienone is 2. The standard InChI is InChI=1S/C48H57F3N4O2/c1-31-10-14-35(15-11-31)44(49)43-41(34-18-22-48(50,51)23-19-34)42-39(26-47(2,3)27-40(42)57-30-32-12-16-38(56-4)17-13-32)54-45(43)36-20-24-55(25-21-36)46-52-28-37(29-53-46)33-8-6-5-7-9-33/h8,10-17,28-29,34,36,40,44H,5-7,9,18-27,30H2,1-4H3. The SMILES string of the molecule is COc1ccc(COC2CC(C)(C)Cc3nc(C4CCN(c5ncc(C6=CCCCC6)cn5)CC4)c(C(F)c4ccc(C)cc4)c(C4CCC(F)(F)CC4)c32)cc1. The van der Waals surface area contributed by atoms with E-state index in [0.717, 1.165) is 96.1 Å². The Balaban J connectivity index is 1.19. The maximum absolute atomic E-state index is 17.8. The number of hydrogen-bond acceptors (Lipinski definition) is 6. The molecule has 1 saturated carbocycles. The highest BCUT2D eigenvalue weighted by Crippen LogP contribution is 2.53. The van der Waals surface area contributed by atoms with Crippen LogP contribution in [0.2, 0.25) is 0 Å². The molecule has 4 aromatic rings. The van der Waals surface area contributed by atoms with Gasteiger partial charge in [0.25, 0.3) is 0 Å². The van der Waals surface area contributed by atoms with E-state index in [4.69, 9.17) is 24.4 Å². The van der Waals surface area contributed by atoms with Gasteiger partial charge in [0.1, 0.15) is 5.75 Å². The third-order valence-electron chi connectivity index (χ3n) is 13.0. The van der Waals surface area contributed by atoms with Crippen LogP contribution in [-0.4, -0.2) is 41.1 Å². The molecule has 9 heteroatoms. The van der Waals surface area contributed by atoms with Gasteiger partial charge in [-0.15, -0.1) is 0 Å². The highest BCUT2D eigenvalue weighted by Gasteiger charge is 2.44. The second-order valence-corrected chi connectivity index (χ2v) is 17.8. The average Bonchev–Trinajstić information content (AvgIpc) is 3.22. The molecule has 1 aliphatic heterocycles. The number of piperidine rings is 1. The zero-order valence-corrected chi connectivity index (χ0v) is 34.0. The number of anilines is 1. The molecule has 2 aromatic carbocycles. The monoisotopic (exact) mass is 778 g/mol. The van der Waals surface area contributed by atoms with E-state index in [2.05, 4.69) is 24.8 Å². The minimum atomic E-state index is -2.72. The third-order valence-corrected chi connectivity index (χ3v) is 13.0. The number of nitrogens with zero attached hydrogens (tertiary/aromatic N) is 4. The van der Waals surface area contributed by atoms with Crippen LogP contribution in [-0.2, 0) is 17.8 Å². The molecule has 2 fully saturated rings. The number of ether oxygens (including phenoxy) is 2. The van der Waals surface area contributed by atoms with Crippen molar-refractivity contribution in [2.24, 2.45) is 5.41 Å². The first kappa shape index (κ1) is 39.6. The molecular formula is C48H57F3N4O2. The highest BCUT2D eigenvalue weighted by atomic mass is 19.3. The van der Waals surface area contributed by atoms with Crippen LogP contribution in [0.15, 0.2) is 67.0 Å². The average molecular weight is 779 g/mol. The minimum Gasteiger partial charge on any atom is -0.497 e. The number of aryl methyl sites for hydroxylation is 1. The van der Waals surface area contributed by atoms with Crippen molar-refractivity contribution in [1.29, 1.82) is 0 Å². The lowest BCUT2D eigenvalue weighted by Gasteiger charge is -2.42. The number of aromatic nitrogens is 3. The Kier molecular flexibility index (Phi) is 11.5. The van der Waals surface area contributed by atoms with Crippen molar-refractivity contribution in [3.05, 3.63) is 117 Å². The number of halogens is 3. The maximum atomic E-state index is 17.8.